The van der Waals surface area contributed by atoms with Crippen LogP contribution < -0.4 is 5.32 Å². The summed E-state index contributed by atoms with van der Waals surface area (Å²) < 4.78 is 4.73. The zero-order valence-corrected chi connectivity index (χ0v) is 10.3. The zero-order chi connectivity index (χ0) is 12.9. The van der Waals surface area contributed by atoms with Crippen LogP contribution in [0.5, 0.6) is 0 Å². The van der Waals surface area contributed by atoms with E-state index in [0.29, 0.717) is 6.42 Å². The fraction of sp³-hybridized carbons (Fsp3) is 0.385. The van der Waals surface area contributed by atoms with Crippen LogP contribution in [0.25, 0.3) is 0 Å². The molecule has 4 nitrogen and oxygen atoms in total. The van der Waals surface area contributed by atoms with Gasteiger partial charge in [0.1, 0.15) is 5.54 Å². The Labute approximate surface area is 101 Å². The van der Waals surface area contributed by atoms with Gasteiger partial charge in [0, 0.05) is 13.3 Å². The van der Waals surface area contributed by atoms with Gasteiger partial charge in [0.05, 0.1) is 7.11 Å². The Balaban J connectivity index is 2.91. The molecule has 0 spiro atoms. The Kier molecular flexibility index (Phi) is 4.26. The van der Waals surface area contributed by atoms with Gasteiger partial charge in [-0.3, -0.25) is 4.79 Å². The highest BCUT2D eigenvalue weighted by atomic mass is 16.5. The number of nitrogens with one attached hydrogen (secondary N) is 1. The van der Waals surface area contributed by atoms with Crippen LogP contribution in [-0.4, -0.2) is 24.5 Å². The molecule has 0 saturated heterocycles. The number of methoxy groups -OCH3 is 1. The van der Waals surface area contributed by atoms with Crippen molar-refractivity contribution in [2.75, 3.05) is 7.11 Å². The zero-order valence-electron chi connectivity index (χ0n) is 10.3. The molecule has 0 fully saturated rings. The molecule has 0 radical (unpaired) electrons. The standard InChI is InChI=1S/C13H17NO3/c1-10(15)14-13(2,12(16)17-3)9-11-7-5-4-6-8-11/h4-8H,9H2,1-3H3,(H,14,15)/t13-/m1/s1. The number of benzene rings is 1. The molecule has 0 heterocycles. The molecule has 0 aliphatic rings. The normalized spacial score (nSPS) is 13.6. The van der Waals surface area contributed by atoms with E-state index in [1.807, 2.05) is 30.3 Å². The van der Waals surface area contributed by atoms with Crippen molar-refractivity contribution in [3.8, 4) is 0 Å². The van der Waals surface area contributed by atoms with Crippen molar-refractivity contribution in [3.63, 3.8) is 0 Å². The van der Waals surface area contributed by atoms with E-state index in [9.17, 15) is 9.59 Å². The molecular formula is C13H17NO3. The molecule has 1 amide bonds. The minimum absolute atomic E-state index is 0.256. The predicted octanol–water partition coefficient (Wildman–Crippen LogP) is 1.30. The maximum atomic E-state index is 11.7. The Hall–Kier alpha value is -1.84. The fourth-order valence-electron chi connectivity index (χ4n) is 1.79. The summed E-state index contributed by atoms with van der Waals surface area (Å²) in [6, 6.07) is 9.49. The molecule has 1 rings (SSSR count). The van der Waals surface area contributed by atoms with Crippen LogP contribution >= 0.6 is 0 Å². The molecule has 4 heteroatoms. The summed E-state index contributed by atoms with van der Waals surface area (Å²) in [4.78, 5) is 22.9. The summed E-state index contributed by atoms with van der Waals surface area (Å²) in [5, 5.41) is 2.64. The number of hydrogen-bond donors (Lipinski definition) is 1. The molecular weight excluding hydrogens is 218 g/mol. The minimum atomic E-state index is -1.03. The average Bonchev–Trinajstić information content (AvgIpc) is 2.28. The summed E-state index contributed by atoms with van der Waals surface area (Å²) in [6.07, 6.45) is 0.403. The first-order chi connectivity index (χ1) is 7.98. The second-order valence-electron chi connectivity index (χ2n) is 4.17. The lowest BCUT2D eigenvalue weighted by atomic mass is 9.92. The predicted molar refractivity (Wildman–Crippen MR) is 64.4 cm³/mol. The second kappa shape index (κ2) is 5.48. The summed E-state index contributed by atoms with van der Waals surface area (Å²) in [5.41, 5.74) is -0.0591. The maximum absolute atomic E-state index is 11.7. The first-order valence-electron chi connectivity index (χ1n) is 5.39. The van der Waals surface area contributed by atoms with Crippen LogP contribution in [0, 0.1) is 0 Å². The van der Waals surface area contributed by atoms with E-state index in [4.69, 9.17) is 4.74 Å². The highest BCUT2D eigenvalue weighted by molar-refractivity contribution is 5.87. The van der Waals surface area contributed by atoms with Crippen molar-refractivity contribution in [1.29, 1.82) is 0 Å². The van der Waals surface area contributed by atoms with E-state index in [2.05, 4.69) is 5.32 Å². The van der Waals surface area contributed by atoms with Gasteiger partial charge in [0.2, 0.25) is 5.91 Å². The van der Waals surface area contributed by atoms with Gasteiger partial charge in [0.25, 0.3) is 0 Å². The average molecular weight is 235 g/mol. The Morgan fingerprint density at radius 2 is 1.88 bits per heavy atom. The van der Waals surface area contributed by atoms with Crippen molar-refractivity contribution >= 4 is 11.9 Å². The van der Waals surface area contributed by atoms with Crippen molar-refractivity contribution in [2.24, 2.45) is 0 Å². The molecule has 0 bridgehead atoms. The van der Waals surface area contributed by atoms with Gasteiger partial charge in [-0.2, -0.15) is 0 Å². The van der Waals surface area contributed by atoms with E-state index < -0.39 is 11.5 Å². The van der Waals surface area contributed by atoms with E-state index in [-0.39, 0.29) is 5.91 Å². The smallest absolute Gasteiger partial charge is 0.331 e. The summed E-state index contributed by atoms with van der Waals surface area (Å²) in [7, 11) is 1.31. The van der Waals surface area contributed by atoms with Gasteiger partial charge in [-0.25, -0.2) is 4.79 Å². The highest BCUT2D eigenvalue weighted by Crippen LogP contribution is 2.15. The van der Waals surface area contributed by atoms with Crippen LogP contribution in [-0.2, 0) is 20.7 Å². The summed E-state index contributed by atoms with van der Waals surface area (Å²) >= 11 is 0. The molecule has 17 heavy (non-hydrogen) atoms. The Morgan fingerprint density at radius 1 is 1.29 bits per heavy atom. The van der Waals surface area contributed by atoms with Crippen molar-refractivity contribution in [1.82, 2.24) is 5.32 Å². The first-order valence-corrected chi connectivity index (χ1v) is 5.39. The SMILES string of the molecule is COC(=O)[C@@](C)(Cc1ccccc1)NC(C)=O. The van der Waals surface area contributed by atoms with Crippen LogP contribution in [0.4, 0.5) is 0 Å². The number of esters is 1. The van der Waals surface area contributed by atoms with Crippen LogP contribution in [0.15, 0.2) is 30.3 Å². The molecule has 1 atom stereocenters. The third kappa shape index (κ3) is 3.59. The van der Waals surface area contributed by atoms with E-state index in [1.165, 1.54) is 14.0 Å². The van der Waals surface area contributed by atoms with Gasteiger partial charge in [-0.1, -0.05) is 30.3 Å². The third-order valence-electron chi connectivity index (χ3n) is 2.49. The number of carbonyl (C=O) groups is 2. The monoisotopic (exact) mass is 235 g/mol. The van der Waals surface area contributed by atoms with Crippen molar-refractivity contribution < 1.29 is 14.3 Å². The van der Waals surface area contributed by atoms with E-state index >= 15 is 0 Å². The molecule has 0 aromatic heterocycles. The van der Waals surface area contributed by atoms with Crippen LogP contribution in [0.2, 0.25) is 0 Å². The molecule has 0 saturated carbocycles. The molecule has 1 aromatic rings. The lowest BCUT2D eigenvalue weighted by molar-refractivity contribution is -0.149. The lowest BCUT2D eigenvalue weighted by Crippen LogP contribution is -2.53. The molecule has 1 aromatic carbocycles. The number of amides is 1. The van der Waals surface area contributed by atoms with E-state index in [1.54, 1.807) is 6.92 Å². The second-order valence-corrected chi connectivity index (χ2v) is 4.17. The number of ether oxygens (including phenoxy) is 1. The van der Waals surface area contributed by atoms with Crippen LogP contribution in [0.3, 0.4) is 0 Å². The topological polar surface area (TPSA) is 55.4 Å². The van der Waals surface area contributed by atoms with Crippen molar-refractivity contribution in [2.45, 2.75) is 25.8 Å². The Morgan fingerprint density at radius 3 is 2.35 bits per heavy atom. The number of rotatable bonds is 4. The third-order valence-corrected chi connectivity index (χ3v) is 2.49. The fourth-order valence-corrected chi connectivity index (χ4v) is 1.79. The molecule has 0 aliphatic heterocycles. The summed E-state index contributed by atoms with van der Waals surface area (Å²) in [6.45, 7) is 3.04. The van der Waals surface area contributed by atoms with Gasteiger partial charge in [0.15, 0.2) is 0 Å². The molecule has 92 valence electrons. The lowest BCUT2D eigenvalue weighted by Gasteiger charge is -2.27. The minimum Gasteiger partial charge on any atom is -0.467 e. The number of carbonyl (C=O) groups excluding carboxylic acids is 2. The van der Waals surface area contributed by atoms with Gasteiger partial charge in [-0.15, -0.1) is 0 Å². The quantitative estimate of drug-likeness (QED) is 0.800. The molecule has 1 N–H and O–H groups in total. The largest absolute Gasteiger partial charge is 0.467 e. The first kappa shape index (κ1) is 13.2. The van der Waals surface area contributed by atoms with Gasteiger partial charge < -0.3 is 10.1 Å². The van der Waals surface area contributed by atoms with E-state index in [0.717, 1.165) is 5.56 Å². The Bertz CT molecular complexity index is 402. The maximum Gasteiger partial charge on any atom is 0.331 e. The van der Waals surface area contributed by atoms with Crippen molar-refractivity contribution in [3.05, 3.63) is 35.9 Å². The summed E-state index contributed by atoms with van der Waals surface area (Å²) in [5.74, 6) is -0.703. The number of hydrogen-bond acceptors (Lipinski definition) is 3. The molecule has 0 unspecified atom stereocenters. The molecule has 0 aliphatic carbocycles. The van der Waals surface area contributed by atoms with Gasteiger partial charge in [-0.05, 0) is 12.5 Å². The highest BCUT2D eigenvalue weighted by Gasteiger charge is 2.35. The van der Waals surface area contributed by atoms with Gasteiger partial charge >= 0.3 is 5.97 Å². The van der Waals surface area contributed by atoms with Crippen LogP contribution in [0.1, 0.15) is 19.4 Å².